The SMILES string of the molecule is CCCCCCCCC(=O)NCCc1c(-c2ccccc2)[nH]c2ccccc12. The van der Waals surface area contributed by atoms with Gasteiger partial charge in [0.15, 0.2) is 0 Å². The van der Waals surface area contributed by atoms with Crippen LogP contribution in [0, 0.1) is 0 Å². The summed E-state index contributed by atoms with van der Waals surface area (Å²) in [6.07, 6.45) is 8.74. The van der Waals surface area contributed by atoms with Crippen molar-refractivity contribution < 1.29 is 4.79 Å². The number of carbonyl (C=O) groups is 1. The molecule has 0 aliphatic heterocycles. The molecule has 0 aliphatic rings. The number of nitrogens with one attached hydrogen (secondary N) is 2. The Morgan fingerprint density at radius 1 is 0.893 bits per heavy atom. The van der Waals surface area contributed by atoms with Crippen LogP contribution < -0.4 is 5.32 Å². The van der Waals surface area contributed by atoms with E-state index in [9.17, 15) is 4.79 Å². The minimum atomic E-state index is 0.177. The van der Waals surface area contributed by atoms with E-state index in [-0.39, 0.29) is 5.91 Å². The van der Waals surface area contributed by atoms with Crippen LogP contribution in [0.2, 0.25) is 0 Å². The summed E-state index contributed by atoms with van der Waals surface area (Å²) in [7, 11) is 0. The van der Waals surface area contributed by atoms with Gasteiger partial charge in [-0.25, -0.2) is 0 Å². The maximum atomic E-state index is 12.2. The van der Waals surface area contributed by atoms with Crippen molar-refractivity contribution in [2.24, 2.45) is 0 Å². The fourth-order valence-electron chi connectivity index (χ4n) is 3.79. The minimum Gasteiger partial charge on any atom is -0.356 e. The molecule has 3 heteroatoms. The zero-order valence-corrected chi connectivity index (χ0v) is 17.0. The summed E-state index contributed by atoms with van der Waals surface area (Å²) < 4.78 is 0. The third-order valence-electron chi connectivity index (χ3n) is 5.33. The monoisotopic (exact) mass is 376 g/mol. The summed E-state index contributed by atoms with van der Waals surface area (Å²) in [6, 6.07) is 18.8. The van der Waals surface area contributed by atoms with Gasteiger partial charge in [-0.1, -0.05) is 87.6 Å². The van der Waals surface area contributed by atoms with Gasteiger partial charge in [0.25, 0.3) is 0 Å². The number of benzene rings is 2. The second-order valence-electron chi connectivity index (χ2n) is 7.51. The lowest BCUT2D eigenvalue weighted by Crippen LogP contribution is -2.25. The number of H-pyrrole nitrogens is 1. The van der Waals surface area contributed by atoms with Gasteiger partial charge in [-0.3, -0.25) is 4.79 Å². The van der Waals surface area contributed by atoms with Crippen LogP contribution in [0.4, 0.5) is 0 Å². The Labute approximate surface area is 168 Å². The minimum absolute atomic E-state index is 0.177. The molecule has 0 saturated carbocycles. The number of amides is 1. The lowest BCUT2D eigenvalue weighted by Gasteiger charge is -2.08. The third-order valence-corrected chi connectivity index (χ3v) is 5.33. The number of para-hydroxylation sites is 1. The normalized spacial score (nSPS) is 11.0. The van der Waals surface area contributed by atoms with Gasteiger partial charge in [0.1, 0.15) is 0 Å². The maximum absolute atomic E-state index is 12.2. The molecule has 0 bridgehead atoms. The van der Waals surface area contributed by atoms with Gasteiger partial charge in [-0.15, -0.1) is 0 Å². The summed E-state index contributed by atoms with van der Waals surface area (Å²) in [5.41, 5.74) is 4.77. The number of rotatable bonds is 11. The van der Waals surface area contributed by atoms with E-state index in [0.29, 0.717) is 13.0 Å². The molecule has 0 fully saturated rings. The average Bonchev–Trinajstić information content (AvgIpc) is 3.10. The molecule has 0 radical (unpaired) electrons. The van der Waals surface area contributed by atoms with Crippen molar-refractivity contribution in [3.05, 3.63) is 60.2 Å². The van der Waals surface area contributed by atoms with E-state index in [1.165, 1.54) is 42.2 Å². The summed E-state index contributed by atoms with van der Waals surface area (Å²) in [5.74, 6) is 0.177. The van der Waals surface area contributed by atoms with Gasteiger partial charge in [0.2, 0.25) is 5.91 Å². The number of aromatic amines is 1. The number of fused-ring (bicyclic) bond motifs is 1. The Kier molecular flexibility index (Phi) is 7.71. The topological polar surface area (TPSA) is 44.9 Å². The lowest BCUT2D eigenvalue weighted by molar-refractivity contribution is -0.121. The molecule has 3 nitrogen and oxygen atoms in total. The molecule has 148 valence electrons. The van der Waals surface area contributed by atoms with E-state index in [1.54, 1.807) is 0 Å². The van der Waals surface area contributed by atoms with Gasteiger partial charge in [0, 0.05) is 29.6 Å². The number of hydrogen-bond acceptors (Lipinski definition) is 1. The van der Waals surface area contributed by atoms with Gasteiger partial charge >= 0.3 is 0 Å². The summed E-state index contributed by atoms with van der Waals surface area (Å²) in [6.45, 7) is 2.90. The smallest absolute Gasteiger partial charge is 0.220 e. The van der Waals surface area contributed by atoms with Crippen LogP contribution in [0.5, 0.6) is 0 Å². The predicted molar refractivity (Wildman–Crippen MR) is 118 cm³/mol. The second kappa shape index (κ2) is 10.7. The standard InChI is InChI=1S/C25H32N2O/c1-2-3-4-5-6-10-17-24(28)26-19-18-22-21-15-11-12-16-23(21)27-25(22)20-13-8-7-9-14-20/h7-9,11-16,27H,2-6,10,17-19H2,1H3,(H,26,28). The number of hydrogen-bond donors (Lipinski definition) is 2. The van der Waals surface area contributed by atoms with Crippen molar-refractivity contribution in [1.29, 1.82) is 0 Å². The molecule has 1 amide bonds. The number of unbranched alkanes of at least 4 members (excludes halogenated alkanes) is 5. The van der Waals surface area contributed by atoms with E-state index < -0.39 is 0 Å². The Hall–Kier alpha value is -2.55. The fraction of sp³-hybridized carbons (Fsp3) is 0.400. The van der Waals surface area contributed by atoms with E-state index in [2.05, 4.69) is 65.8 Å². The third kappa shape index (κ3) is 5.48. The van der Waals surface area contributed by atoms with Crippen molar-refractivity contribution in [1.82, 2.24) is 10.3 Å². The first-order valence-electron chi connectivity index (χ1n) is 10.7. The van der Waals surface area contributed by atoms with E-state index in [4.69, 9.17) is 0 Å². The van der Waals surface area contributed by atoms with Crippen LogP contribution in [0.1, 0.15) is 57.4 Å². The van der Waals surface area contributed by atoms with Crippen molar-refractivity contribution in [3.8, 4) is 11.3 Å². The molecule has 3 rings (SSSR count). The fourth-order valence-corrected chi connectivity index (χ4v) is 3.79. The van der Waals surface area contributed by atoms with Crippen molar-refractivity contribution in [2.75, 3.05) is 6.54 Å². The van der Waals surface area contributed by atoms with Gasteiger partial charge in [-0.2, -0.15) is 0 Å². The van der Waals surface area contributed by atoms with Crippen molar-refractivity contribution in [3.63, 3.8) is 0 Å². The first-order chi connectivity index (χ1) is 13.8. The van der Waals surface area contributed by atoms with Crippen LogP contribution in [0.25, 0.3) is 22.2 Å². The highest BCUT2D eigenvalue weighted by Crippen LogP contribution is 2.30. The average molecular weight is 377 g/mol. The van der Waals surface area contributed by atoms with Crippen LogP contribution in [0.15, 0.2) is 54.6 Å². The second-order valence-corrected chi connectivity index (χ2v) is 7.51. The summed E-state index contributed by atoms with van der Waals surface area (Å²) in [4.78, 5) is 15.7. The van der Waals surface area contributed by atoms with Crippen molar-refractivity contribution in [2.45, 2.75) is 58.3 Å². The molecule has 2 N–H and O–H groups in total. The molecule has 3 aromatic rings. The molecule has 0 saturated heterocycles. The first kappa shape index (κ1) is 20.2. The number of aromatic nitrogens is 1. The zero-order valence-electron chi connectivity index (χ0n) is 17.0. The molecule has 1 aromatic heterocycles. The molecule has 0 aliphatic carbocycles. The molecule has 0 atom stereocenters. The highest BCUT2D eigenvalue weighted by molar-refractivity contribution is 5.90. The molecule has 2 aromatic carbocycles. The quantitative estimate of drug-likeness (QED) is 0.382. The Morgan fingerprint density at radius 3 is 2.43 bits per heavy atom. The van der Waals surface area contributed by atoms with Gasteiger partial charge < -0.3 is 10.3 Å². The number of carbonyl (C=O) groups excluding carboxylic acids is 1. The largest absolute Gasteiger partial charge is 0.356 e. The van der Waals surface area contributed by atoms with Crippen LogP contribution in [-0.2, 0) is 11.2 Å². The van der Waals surface area contributed by atoms with Crippen LogP contribution in [-0.4, -0.2) is 17.4 Å². The maximum Gasteiger partial charge on any atom is 0.220 e. The Bertz CT molecular complexity index is 867. The molecule has 1 heterocycles. The zero-order chi connectivity index (χ0) is 19.6. The highest BCUT2D eigenvalue weighted by Gasteiger charge is 2.13. The summed E-state index contributed by atoms with van der Waals surface area (Å²) in [5, 5.41) is 4.36. The van der Waals surface area contributed by atoms with Crippen LogP contribution >= 0.6 is 0 Å². The lowest BCUT2D eigenvalue weighted by atomic mass is 10.0. The van der Waals surface area contributed by atoms with E-state index in [0.717, 1.165) is 30.5 Å². The van der Waals surface area contributed by atoms with Crippen LogP contribution in [0.3, 0.4) is 0 Å². The first-order valence-corrected chi connectivity index (χ1v) is 10.7. The molecular weight excluding hydrogens is 344 g/mol. The summed E-state index contributed by atoms with van der Waals surface area (Å²) >= 11 is 0. The van der Waals surface area contributed by atoms with Crippen molar-refractivity contribution >= 4 is 16.8 Å². The van der Waals surface area contributed by atoms with E-state index >= 15 is 0 Å². The Morgan fingerprint density at radius 2 is 1.61 bits per heavy atom. The molecule has 0 unspecified atom stereocenters. The van der Waals surface area contributed by atoms with E-state index in [1.807, 2.05) is 6.07 Å². The van der Waals surface area contributed by atoms with Gasteiger partial charge in [-0.05, 0) is 30.0 Å². The van der Waals surface area contributed by atoms with Gasteiger partial charge in [0.05, 0.1) is 0 Å². The molecule has 28 heavy (non-hydrogen) atoms. The molecule has 0 spiro atoms. The Balaban J connectivity index is 1.56. The predicted octanol–water partition coefficient (Wildman–Crippen LogP) is 6.24. The highest BCUT2D eigenvalue weighted by atomic mass is 16.1. The molecular formula is C25H32N2O.